The third kappa shape index (κ3) is 2.63. The maximum absolute atomic E-state index is 4.58. The maximum atomic E-state index is 4.58. The number of rotatable bonds is 3. The molecule has 1 aliphatic rings. The molecule has 0 bridgehead atoms. The van der Waals surface area contributed by atoms with E-state index >= 15 is 0 Å². The fourth-order valence-corrected chi connectivity index (χ4v) is 3.37. The van der Waals surface area contributed by atoms with E-state index in [0.717, 1.165) is 43.6 Å². The molecule has 0 radical (unpaired) electrons. The first-order valence-corrected chi connectivity index (χ1v) is 7.93. The van der Waals surface area contributed by atoms with Crippen LogP contribution in [-0.2, 0) is 6.42 Å². The van der Waals surface area contributed by atoms with Gasteiger partial charge in [-0.1, -0.05) is 25.1 Å². The van der Waals surface area contributed by atoms with Gasteiger partial charge in [-0.15, -0.1) is 0 Å². The highest BCUT2D eigenvalue weighted by Crippen LogP contribution is 2.24. The molecule has 4 nitrogen and oxygen atoms in total. The number of para-hydroxylation sites is 1. The Kier molecular flexibility index (Phi) is 3.87. The summed E-state index contributed by atoms with van der Waals surface area (Å²) in [6.07, 6.45) is 0.916. The molecule has 0 atom stereocenters. The topological polar surface area (TPSA) is 32.3 Å². The van der Waals surface area contributed by atoms with Crippen molar-refractivity contribution in [2.75, 3.05) is 36.0 Å². The Balaban J connectivity index is 1.66. The van der Waals surface area contributed by atoms with Crippen LogP contribution in [0.4, 0.5) is 10.8 Å². The molecule has 0 N–H and O–H groups in total. The molecule has 0 aliphatic carbocycles. The lowest BCUT2D eigenvalue weighted by atomic mass is 10.1. The average Bonchev–Trinajstić information content (AvgIpc) is 2.97. The zero-order chi connectivity index (χ0) is 13.9. The van der Waals surface area contributed by atoms with Gasteiger partial charge in [-0.25, -0.2) is 4.98 Å². The predicted octanol–water partition coefficient (Wildman–Crippen LogP) is 2.74. The van der Waals surface area contributed by atoms with Crippen LogP contribution in [0.2, 0.25) is 0 Å². The van der Waals surface area contributed by atoms with Crippen LogP contribution in [0.5, 0.6) is 0 Å². The van der Waals surface area contributed by atoms with E-state index in [1.54, 1.807) is 0 Å². The minimum atomic E-state index is 0.916. The number of nitrogens with zero attached hydrogens (tertiary/aromatic N) is 4. The summed E-state index contributed by atoms with van der Waals surface area (Å²) in [4.78, 5) is 9.40. The largest absolute Gasteiger partial charge is 0.368 e. The van der Waals surface area contributed by atoms with E-state index in [1.807, 2.05) is 0 Å². The minimum absolute atomic E-state index is 0.916. The van der Waals surface area contributed by atoms with Gasteiger partial charge in [-0.3, -0.25) is 0 Å². The molecule has 20 heavy (non-hydrogen) atoms. The SMILES string of the molecule is CCc1nsc(N2CCN(c3ccccc3C)CC2)n1. The van der Waals surface area contributed by atoms with Crippen molar-refractivity contribution in [2.45, 2.75) is 20.3 Å². The number of aryl methyl sites for hydroxylation is 2. The van der Waals surface area contributed by atoms with Gasteiger partial charge in [0.25, 0.3) is 0 Å². The lowest BCUT2D eigenvalue weighted by molar-refractivity contribution is 0.650. The molecule has 1 aromatic carbocycles. The summed E-state index contributed by atoms with van der Waals surface area (Å²) >= 11 is 1.53. The molecule has 1 saturated heterocycles. The zero-order valence-electron chi connectivity index (χ0n) is 12.0. The lowest BCUT2D eigenvalue weighted by Crippen LogP contribution is -2.46. The van der Waals surface area contributed by atoms with Crippen LogP contribution in [0, 0.1) is 6.92 Å². The van der Waals surface area contributed by atoms with Crippen LogP contribution in [0.3, 0.4) is 0 Å². The van der Waals surface area contributed by atoms with Crippen LogP contribution in [-0.4, -0.2) is 35.5 Å². The van der Waals surface area contributed by atoms with Crippen LogP contribution in [0.25, 0.3) is 0 Å². The van der Waals surface area contributed by atoms with Crippen LogP contribution in [0.1, 0.15) is 18.3 Å². The molecule has 5 heteroatoms. The standard InChI is InChI=1S/C15H20N4S/c1-3-14-16-15(20-17-14)19-10-8-18(9-11-19)13-7-5-4-6-12(13)2/h4-7H,3,8-11H2,1-2H3. The quantitative estimate of drug-likeness (QED) is 0.869. The minimum Gasteiger partial charge on any atom is -0.368 e. The summed E-state index contributed by atoms with van der Waals surface area (Å²) in [7, 11) is 0. The number of anilines is 2. The first-order valence-electron chi connectivity index (χ1n) is 7.16. The van der Waals surface area contributed by atoms with Gasteiger partial charge < -0.3 is 9.80 Å². The summed E-state index contributed by atoms with van der Waals surface area (Å²) < 4.78 is 4.38. The summed E-state index contributed by atoms with van der Waals surface area (Å²) in [5.74, 6) is 0.964. The Bertz CT molecular complexity index is 573. The van der Waals surface area contributed by atoms with Gasteiger partial charge in [0.15, 0.2) is 0 Å². The molecule has 2 heterocycles. The second-order valence-electron chi connectivity index (χ2n) is 5.11. The van der Waals surface area contributed by atoms with E-state index in [0.29, 0.717) is 0 Å². The summed E-state index contributed by atoms with van der Waals surface area (Å²) in [5, 5.41) is 1.08. The van der Waals surface area contributed by atoms with Crippen molar-refractivity contribution in [2.24, 2.45) is 0 Å². The highest BCUT2D eigenvalue weighted by atomic mass is 32.1. The predicted molar refractivity (Wildman–Crippen MR) is 84.9 cm³/mol. The molecule has 0 amide bonds. The van der Waals surface area contributed by atoms with E-state index in [9.17, 15) is 0 Å². The van der Waals surface area contributed by atoms with Gasteiger partial charge >= 0.3 is 0 Å². The molecule has 0 unspecified atom stereocenters. The molecule has 1 fully saturated rings. The molecule has 1 aromatic heterocycles. The molecule has 3 rings (SSSR count). The normalized spacial score (nSPS) is 15.7. The van der Waals surface area contributed by atoms with Crippen molar-refractivity contribution in [3.8, 4) is 0 Å². The van der Waals surface area contributed by atoms with E-state index in [-0.39, 0.29) is 0 Å². The first kappa shape index (κ1) is 13.4. The number of hydrogen-bond donors (Lipinski definition) is 0. The average molecular weight is 288 g/mol. The summed E-state index contributed by atoms with van der Waals surface area (Å²) in [5.41, 5.74) is 2.71. The fraction of sp³-hybridized carbons (Fsp3) is 0.467. The van der Waals surface area contributed by atoms with Crippen molar-refractivity contribution in [1.29, 1.82) is 0 Å². The number of aromatic nitrogens is 2. The Morgan fingerprint density at radius 3 is 2.45 bits per heavy atom. The van der Waals surface area contributed by atoms with Crippen LogP contribution >= 0.6 is 11.5 Å². The highest BCUT2D eigenvalue weighted by Gasteiger charge is 2.20. The molecule has 0 saturated carbocycles. The molecule has 2 aromatic rings. The number of hydrogen-bond acceptors (Lipinski definition) is 5. The Morgan fingerprint density at radius 2 is 1.80 bits per heavy atom. The monoisotopic (exact) mass is 288 g/mol. The molecule has 106 valence electrons. The second kappa shape index (κ2) is 5.79. The maximum Gasteiger partial charge on any atom is 0.205 e. The van der Waals surface area contributed by atoms with Crippen molar-refractivity contribution in [3.63, 3.8) is 0 Å². The summed E-state index contributed by atoms with van der Waals surface area (Å²) in [6, 6.07) is 8.61. The lowest BCUT2D eigenvalue weighted by Gasteiger charge is -2.36. The van der Waals surface area contributed by atoms with Gasteiger partial charge in [-0.2, -0.15) is 4.37 Å². The van der Waals surface area contributed by atoms with Crippen LogP contribution in [0.15, 0.2) is 24.3 Å². The van der Waals surface area contributed by atoms with Crippen molar-refractivity contribution in [1.82, 2.24) is 9.36 Å². The highest BCUT2D eigenvalue weighted by molar-refractivity contribution is 7.09. The van der Waals surface area contributed by atoms with Gasteiger partial charge in [0, 0.05) is 49.8 Å². The Hall–Kier alpha value is -1.62. The van der Waals surface area contributed by atoms with E-state index in [2.05, 4.69) is 57.3 Å². The fourth-order valence-electron chi connectivity index (χ4n) is 2.57. The van der Waals surface area contributed by atoms with E-state index < -0.39 is 0 Å². The van der Waals surface area contributed by atoms with Crippen molar-refractivity contribution < 1.29 is 0 Å². The number of benzene rings is 1. The van der Waals surface area contributed by atoms with Crippen molar-refractivity contribution >= 4 is 22.4 Å². The van der Waals surface area contributed by atoms with E-state index in [1.165, 1.54) is 22.8 Å². The Labute approximate surface area is 124 Å². The van der Waals surface area contributed by atoms with E-state index in [4.69, 9.17) is 0 Å². The third-order valence-electron chi connectivity index (χ3n) is 3.78. The van der Waals surface area contributed by atoms with Crippen molar-refractivity contribution in [3.05, 3.63) is 35.7 Å². The first-order chi connectivity index (χ1) is 9.78. The molecular formula is C15H20N4S. The summed E-state index contributed by atoms with van der Waals surface area (Å²) in [6.45, 7) is 8.42. The smallest absolute Gasteiger partial charge is 0.205 e. The van der Waals surface area contributed by atoms with Gasteiger partial charge in [-0.05, 0) is 18.6 Å². The van der Waals surface area contributed by atoms with Gasteiger partial charge in [0.2, 0.25) is 5.13 Å². The third-order valence-corrected chi connectivity index (χ3v) is 4.59. The zero-order valence-corrected chi connectivity index (χ0v) is 12.9. The van der Waals surface area contributed by atoms with Gasteiger partial charge in [0.1, 0.15) is 5.82 Å². The molecular weight excluding hydrogens is 268 g/mol. The molecule has 1 aliphatic heterocycles. The number of piperazine rings is 1. The van der Waals surface area contributed by atoms with Crippen LogP contribution < -0.4 is 9.80 Å². The van der Waals surface area contributed by atoms with Gasteiger partial charge in [0.05, 0.1) is 0 Å². The Morgan fingerprint density at radius 1 is 1.10 bits per heavy atom. The second-order valence-corrected chi connectivity index (χ2v) is 5.84. The molecule has 0 spiro atoms.